The van der Waals surface area contributed by atoms with Crippen molar-refractivity contribution in [3.63, 3.8) is 0 Å². The van der Waals surface area contributed by atoms with Crippen molar-refractivity contribution in [1.29, 1.82) is 0 Å². The zero-order chi connectivity index (χ0) is 35.8. The molecule has 0 saturated carbocycles. The third-order valence-corrected chi connectivity index (χ3v) is 10.5. The first-order chi connectivity index (χ1) is 26.7. The van der Waals surface area contributed by atoms with Crippen LogP contribution in [0.1, 0.15) is 0 Å². The van der Waals surface area contributed by atoms with Crippen molar-refractivity contribution >= 4 is 32.3 Å². The van der Waals surface area contributed by atoms with Gasteiger partial charge in [0.15, 0.2) is 5.82 Å². The molecule has 0 fully saturated rings. The molecule has 10 rings (SSSR count). The summed E-state index contributed by atoms with van der Waals surface area (Å²) in [5.41, 5.74) is 12.0. The Labute approximate surface area is 314 Å². The van der Waals surface area contributed by atoms with Crippen molar-refractivity contribution in [3.8, 4) is 67.3 Å². The Morgan fingerprint density at radius 3 is 1.44 bits per heavy atom. The van der Waals surface area contributed by atoms with E-state index in [4.69, 9.17) is 9.97 Å². The Bertz CT molecular complexity index is 2970. The Morgan fingerprint density at radius 2 is 0.741 bits per heavy atom. The van der Waals surface area contributed by atoms with Crippen molar-refractivity contribution in [2.45, 2.75) is 0 Å². The number of hydrogen-bond acceptors (Lipinski definition) is 2. The van der Waals surface area contributed by atoms with Gasteiger partial charge < -0.3 is 0 Å². The predicted molar refractivity (Wildman–Crippen MR) is 227 cm³/mol. The summed E-state index contributed by atoms with van der Waals surface area (Å²) in [5, 5.41) is 7.48. The van der Waals surface area contributed by atoms with E-state index in [1.54, 1.807) is 0 Å². The minimum atomic E-state index is 0.702. The lowest BCUT2D eigenvalue weighted by atomic mass is 9.89. The van der Waals surface area contributed by atoms with E-state index in [1.165, 1.54) is 49.0 Å². The Kier molecular flexibility index (Phi) is 7.85. The molecule has 0 aliphatic heterocycles. The van der Waals surface area contributed by atoms with Crippen molar-refractivity contribution in [1.82, 2.24) is 9.97 Å². The number of aromatic nitrogens is 2. The van der Waals surface area contributed by atoms with E-state index in [0.29, 0.717) is 5.82 Å². The molecule has 0 unspecified atom stereocenters. The molecule has 9 aromatic carbocycles. The summed E-state index contributed by atoms with van der Waals surface area (Å²) in [6.07, 6.45) is 0. The van der Waals surface area contributed by atoms with Crippen LogP contribution in [-0.4, -0.2) is 9.97 Å². The molecule has 0 spiro atoms. The van der Waals surface area contributed by atoms with E-state index in [-0.39, 0.29) is 0 Å². The van der Waals surface area contributed by atoms with Gasteiger partial charge >= 0.3 is 0 Å². The van der Waals surface area contributed by atoms with Crippen molar-refractivity contribution in [3.05, 3.63) is 206 Å². The van der Waals surface area contributed by atoms with Gasteiger partial charge in [0.2, 0.25) is 0 Å². The fourth-order valence-corrected chi connectivity index (χ4v) is 7.77. The van der Waals surface area contributed by atoms with Gasteiger partial charge in [-0.15, -0.1) is 0 Å². The monoisotopic (exact) mass is 686 g/mol. The molecule has 2 heteroatoms. The molecule has 0 aliphatic carbocycles. The molecule has 54 heavy (non-hydrogen) atoms. The quantitative estimate of drug-likeness (QED) is 0.129. The molecular formula is C52H34N2. The molecule has 0 aliphatic rings. The van der Waals surface area contributed by atoms with Gasteiger partial charge in [-0.1, -0.05) is 182 Å². The standard InChI is InChI=1S/C52H34N2/c1-3-13-35(14-4-1)36-25-27-37(28-26-36)40-19-11-20-42(31-40)49-34-50(54-52(53-49)39-16-5-2-6-17-39)43-21-12-22-44(32-43)51-46-24-10-8-18-41(46)33-48-45-23-9-7-15-38(45)29-30-47(48)51/h1-34H. The molecule has 0 bridgehead atoms. The summed E-state index contributed by atoms with van der Waals surface area (Å²) in [5.74, 6) is 0.702. The summed E-state index contributed by atoms with van der Waals surface area (Å²) < 4.78 is 0. The van der Waals surface area contributed by atoms with E-state index in [2.05, 4.69) is 188 Å². The van der Waals surface area contributed by atoms with Crippen LogP contribution in [0.3, 0.4) is 0 Å². The van der Waals surface area contributed by atoms with Gasteiger partial charge in [-0.3, -0.25) is 0 Å². The average molecular weight is 687 g/mol. The maximum Gasteiger partial charge on any atom is 0.160 e. The van der Waals surface area contributed by atoms with Gasteiger partial charge in [-0.25, -0.2) is 9.97 Å². The second kappa shape index (κ2) is 13.4. The number of rotatable bonds is 6. The maximum atomic E-state index is 5.21. The topological polar surface area (TPSA) is 25.8 Å². The van der Waals surface area contributed by atoms with Gasteiger partial charge in [0.25, 0.3) is 0 Å². The predicted octanol–water partition coefficient (Wildman–Crippen LogP) is 13.9. The summed E-state index contributed by atoms with van der Waals surface area (Å²) >= 11 is 0. The first-order valence-corrected chi connectivity index (χ1v) is 18.4. The molecule has 0 saturated heterocycles. The van der Waals surface area contributed by atoms with E-state index >= 15 is 0 Å². The molecule has 1 aromatic heterocycles. The highest BCUT2D eigenvalue weighted by atomic mass is 14.9. The minimum Gasteiger partial charge on any atom is -0.228 e. The van der Waals surface area contributed by atoms with E-state index in [1.807, 2.05) is 18.2 Å². The van der Waals surface area contributed by atoms with Gasteiger partial charge in [-0.2, -0.15) is 0 Å². The summed E-state index contributed by atoms with van der Waals surface area (Å²) in [4.78, 5) is 10.4. The van der Waals surface area contributed by atoms with Gasteiger partial charge in [0, 0.05) is 16.7 Å². The van der Waals surface area contributed by atoms with Gasteiger partial charge in [0.05, 0.1) is 11.4 Å². The lowest BCUT2D eigenvalue weighted by molar-refractivity contribution is 1.18. The Balaban J connectivity index is 1.11. The molecule has 252 valence electrons. The molecule has 0 atom stereocenters. The van der Waals surface area contributed by atoms with Crippen molar-refractivity contribution < 1.29 is 0 Å². The highest BCUT2D eigenvalue weighted by molar-refractivity contribution is 6.20. The summed E-state index contributed by atoms with van der Waals surface area (Å²) in [7, 11) is 0. The van der Waals surface area contributed by atoms with Crippen LogP contribution in [0.5, 0.6) is 0 Å². The van der Waals surface area contributed by atoms with Crippen molar-refractivity contribution in [2.75, 3.05) is 0 Å². The van der Waals surface area contributed by atoms with E-state index in [0.717, 1.165) is 44.8 Å². The SMILES string of the molecule is c1ccc(-c2ccc(-c3cccc(-c4cc(-c5cccc(-c6c7ccccc7cc7c6ccc6ccccc67)c5)nc(-c5ccccc5)n4)c3)cc2)cc1. The molecule has 2 nitrogen and oxygen atoms in total. The molecule has 1 heterocycles. The molecule has 10 aromatic rings. The fourth-order valence-electron chi connectivity index (χ4n) is 7.77. The first kappa shape index (κ1) is 31.6. The third kappa shape index (κ3) is 5.81. The van der Waals surface area contributed by atoms with Crippen molar-refractivity contribution in [2.24, 2.45) is 0 Å². The second-order valence-electron chi connectivity index (χ2n) is 13.8. The zero-order valence-electron chi connectivity index (χ0n) is 29.5. The zero-order valence-corrected chi connectivity index (χ0v) is 29.5. The van der Waals surface area contributed by atoms with E-state index in [9.17, 15) is 0 Å². The smallest absolute Gasteiger partial charge is 0.160 e. The van der Waals surface area contributed by atoms with Crippen LogP contribution in [0.25, 0.3) is 99.6 Å². The average Bonchev–Trinajstić information content (AvgIpc) is 3.26. The Hall–Kier alpha value is -7.16. The normalized spacial score (nSPS) is 11.3. The van der Waals surface area contributed by atoms with Crippen LogP contribution in [0.4, 0.5) is 0 Å². The van der Waals surface area contributed by atoms with Gasteiger partial charge in [0.1, 0.15) is 0 Å². The van der Waals surface area contributed by atoms with Gasteiger partial charge in [-0.05, 0) is 90.0 Å². The highest BCUT2D eigenvalue weighted by Crippen LogP contribution is 2.41. The lowest BCUT2D eigenvalue weighted by Gasteiger charge is -2.15. The minimum absolute atomic E-state index is 0.702. The van der Waals surface area contributed by atoms with Crippen LogP contribution in [-0.2, 0) is 0 Å². The number of nitrogens with zero attached hydrogens (tertiary/aromatic N) is 2. The van der Waals surface area contributed by atoms with Crippen LogP contribution in [0.2, 0.25) is 0 Å². The number of hydrogen-bond donors (Lipinski definition) is 0. The third-order valence-electron chi connectivity index (χ3n) is 10.5. The largest absolute Gasteiger partial charge is 0.228 e. The first-order valence-electron chi connectivity index (χ1n) is 18.4. The fraction of sp³-hybridized carbons (Fsp3) is 0. The molecule has 0 N–H and O–H groups in total. The maximum absolute atomic E-state index is 5.21. The van der Waals surface area contributed by atoms with Crippen LogP contribution >= 0.6 is 0 Å². The van der Waals surface area contributed by atoms with Crippen LogP contribution < -0.4 is 0 Å². The number of fused-ring (bicyclic) bond motifs is 4. The second-order valence-corrected chi connectivity index (χ2v) is 13.8. The molecular weight excluding hydrogens is 653 g/mol. The van der Waals surface area contributed by atoms with Crippen LogP contribution in [0, 0.1) is 0 Å². The summed E-state index contributed by atoms with van der Waals surface area (Å²) in [6, 6.07) is 73.5. The van der Waals surface area contributed by atoms with E-state index < -0.39 is 0 Å². The highest BCUT2D eigenvalue weighted by Gasteiger charge is 2.16. The molecule has 0 amide bonds. The van der Waals surface area contributed by atoms with Crippen LogP contribution in [0.15, 0.2) is 206 Å². The summed E-state index contributed by atoms with van der Waals surface area (Å²) in [6.45, 7) is 0. The number of benzene rings is 9. The lowest BCUT2D eigenvalue weighted by Crippen LogP contribution is -1.96. The molecule has 0 radical (unpaired) electrons. The Morgan fingerprint density at radius 1 is 0.241 bits per heavy atom.